The molecule has 1 aliphatic carbocycles. The minimum atomic E-state index is 0.0168. The van der Waals surface area contributed by atoms with Crippen molar-refractivity contribution in [2.24, 2.45) is 4.99 Å². The minimum absolute atomic E-state index is 0.0168. The Morgan fingerprint density at radius 1 is 1.08 bits per heavy atom. The van der Waals surface area contributed by atoms with Crippen LogP contribution in [0.1, 0.15) is 30.7 Å². The number of aliphatic imine (C=N–C) groups is 1. The van der Waals surface area contributed by atoms with E-state index in [0.717, 1.165) is 30.5 Å². The molecule has 0 amide bonds. The van der Waals surface area contributed by atoms with Crippen molar-refractivity contribution in [3.05, 3.63) is 64.4 Å². The second kappa shape index (κ2) is 6.09. The van der Waals surface area contributed by atoms with Crippen LogP contribution in [-0.4, -0.2) is 28.4 Å². The molecule has 0 radical (unpaired) electrons. The third-order valence-electron chi connectivity index (χ3n) is 5.63. The van der Waals surface area contributed by atoms with Gasteiger partial charge in [-0.3, -0.25) is 9.79 Å². The Bertz CT molecular complexity index is 1040. The van der Waals surface area contributed by atoms with Gasteiger partial charge >= 0.3 is 0 Å². The van der Waals surface area contributed by atoms with Crippen molar-refractivity contribution < 1.29 is 0 Å². The van der Waals surface area contributed by atoms with Gasteiger partial charge in [0.05, 0.1) is 23.5 Å². The SMILES string of the molecule is O=c1cc[nH]c2nc(-c3ccccc3)c(C3CCC4N=CNC4C3)cc12. The van der Waals surface area contributed by atoms with Gasteiger partial charge in [0.15, 0.2) is 5.43 Å². The maximum Gasteiger partial charge on any atom is 0.191 e. The molecule has 2 aliphatic rings. The molecular formula is C21H20N4O. The Labute approximate surface area is 151 Å². The average Bonchev–Trinajstić information content (AvgIpc) is 3.16. The van der Waals surface area contributed by atoms with Gasteiger partial charge in [-0.2, -0.15) is 0 Å². The van der Waals surface area contributed by atoms with Gasteiger partial charge in [0.1, 0.15) is 5.65 Å². The monoisotopic (exact) mass is 344 g/mol. The van der Waals surface area contributed by atoms with Crippen LogP contribution >= 0.6 is 0 Å². The summed E-state index contributed by atoms with van der Waals surface area (Å²) >= 11 is 0. The molecule has 1 aliphatic heterocycles. The van der Waals surface area contributed by atoms with Crippen molar-refractivity contribution in [2.75, 3.05) is 0 Å². The number of fused-ring (bicyclic) bond motifs is 2. The molecule has 1 saturated carbocycles. The Kier molecular flexibility index (Phi) is 3.59. The maximum absolute atomic E-state index is 12.4. The third kappa shape index (κ3) is 2.51. The molecule has 3 atom stereocenters. The lowest BCUT2D eigenvalue weighted by Crippen LogP contribution is -2.37. The Morgan fingerprint density at radius 2 is 1.96 bits per heavy atom. The molecule has 2 N–H and O–H groups in total. The van der Waals surface area contributed by atoms with Gasteiger partial charge < -0.3 is 10.3 Å². The molecule has 130 valence electrons. The molecule has 1 fully saturated rings. The molecule has 3 aromatic rings. The van der Waals surface area contributed by atoms with E-state index in [2.05, 4.69) is 33.5 Å². The van der Waals surface area contributed by atoms with Gasteiger partial charge in [0, 0.05) is 23.9 Å². The van der Waals surface area contributed by atoms with Crippen molar-refractivity contribution in [1.82, 2.24) is 15.3 Å². The van der Waals surface area contributed by atoms with Crippen molar-refractivity contribution in [3.63, 3.8) is 0 Å². The first-order valence-corrected chi connectivity index (χ1v) is 9.15. The van der Waals surface area contributed by atoms with E-state index in [9.17, 15) is 4.79 Å². The van der Waals surface area contributed by atoms with E-state index in [1.54, 1.807) is 12.3 Å². The number of pyridine rings is 2. The summed E-state index contributed by atoms with van der Waals surface area (Å²) in [4.78, 5) is 24.9. The molecule has 0 spiro atoms. The van der Waals surface area contributed by atoms with Gasteiger partial charge in [-0.1, -0.05) is 30.3 Å². The summed E-state index contributed by atoms with van der Waals surface area (Å²) in [6.07, 6.45) is 6.66. The number of nitrogens with one attached hydrogen (secondary N) is 2. The first-order chi connectivity index (χ1) is 12.8. The largest absolute Gasteiger partial charge is 0.372 e. The number of hydrogen-bond acceptors (Lipinski definition) is 4. The van der Waals surface area contributed by atoms with Crippen LogP contribution in [0.4, 0.5) is 0 Å². The summed E-state index contributed by atoms with van der Waals surface area (Å²) < 4.78 is 0. The summed E-state index contributed by atoms with van der Waals surface area (Å²) in [6.45, 7) is 0. The molecular weight excluding hydrogens is 324 g/mol. The van der Waals surface area contributed by atoms with E-state index in [4.69, 9.17) is 4.98 Å². The van der Waals surface area contributed by atoms with Crippen LogP contribution in [0.5, 0.6) is 0 Å². The standard InChI is InChI=1S/C21H20N4O/c26-19-8-9-22-21-16(19)11-15(20(25-21)13-4-2-1-3-5-13)14-6-7-17-18(10-14)24-12-23-17/h1-5,8-9,11-12,14,17-18H,6-7,10H2,(H,23,24)(H,22,25,26). The van der Waals surface area contributed by atoms with Crippen LogP contribution in [0, 0.1) is 0 Å². The van der Waals surface area contributed by atoms with E-state index in [1.807, 2.05) is 24.5 Å². The fourth-order valence-electron chi connectivity index (χ4n) is 4.28. The number of aromatic amines is 1. The molecule has 2 aromatic heterocycles. The van der Waals surface area contributed by atoms with E-state index < -0.39 is 0 Å². The van der Waals surface area contributed by atoms with Gasteiger partial charge in [0.25, 0.3) is 0 Å². The molecule has 3 unspecified atom stereocenters. The Hall–Kier alpha value is -2.95. The first kappa shape index (κ1) is 15.3. The van der Waals surface area contributed by atoms with Crippen LogP contribution in [0.15, 0.2) is 58.4 Å². The fraction of sp³-hybridized carbons (Fsp3) is 0.286. The lowest BCUT2D eigenvalue weighted by molar-refractivity contribution is 0.347. The number of aromatic nitrogens is 2. The van der Waals surface area contributed by atoms with Crippen LogP contribution in [0.2, 0.25) is 0 Å². The second-order valence-corrected chi connectivity index (χ2v) is 7.16. The molecule has 0 bridgehead atoms. The van der Waals surface area contributed by atoms with Crippen LogP contribution in [0.25, 0.3) is 22.3 Å². The predicted molar refractivity (Wildman–Crippen MR) is 104 cm³/mol. The number of rotatable bonds is 2. The van der Waals surface area contributed by atoms with Crippen LogP contribution in [0.3, 0.4) is 0 Å². The van der Waals surface area contributed by atoms with Gasteiger partial charge in [-0.15, -0.1) is 0 Å². The Morgan fingerprint density at radius 3 is 2.85 bits per heavy atom. The van der Waals surface area contributed by atoms with Gasteiger partial charge in [-0.25, -0.2) is 4.98 Å². The lowest BCUT2D eigenvalue weighted by Gasteiger charge is -2.31. The highest BCUT2D eigenvalue weighted by Crippen LogP contribution is 2.39. The number of hydrogen-bond donors (Lipinski definition) is 2. The van der Waals surface area contributed by atoms with E-state index >= 15 is 0 Å². The minimum Gasteiger partial charge on any atom is -0.372 e. The Balaban J connectivity index is 1.67. The van der Waals surface area contributed by atoms with Crippen LogP contribution < -0.4 is 10.7 Å². The van der Waals surface area contributed by atoms with Crippen molar-refractivity contribution >= 4 is 17.4 Å². The first-order valence-electron chi connectivity index (χ1n) is 9.15. The zero-order valence-corrected chi connectivity index (χ0v) is 14.4. The zero-order chi connectivity index (χ0) is 17.5. The molecule has 0 saturated heterocycles. The highest BCUT2D eigenvalue weighted by Gasteiger charge is 2.34. The molecule has 26 heavy (non-hydrogen) atoms. The fourth-order valence-corrected chi connectivity index (χ4v) is 4.28. The highest BCUT2D eigenvalue weighted by molar-refractivity contribution is 5.80. The maximum atomic E-state index is 12.4. The smallest absolute Gasteiger partial charge is 0.191 e. The predicted octanol–water partition coefficient (Wildman–Crippen LogP) is 3.23. The molecule has 5 rings (SSSR count). The van der Waals surface area contributed by atoms with Crippen molar-refractivity contribution in [1.29, 1.82) is 0 Å². The highest BCUT2D eigenvalue weighted by atomic mass is 16.1. The number of H-pyrrole nitrogens is 1. The topological polar surface area (TPSA) is 70.1 Å². The number of nitrogens with zero attached hydrogens (tertiary/aromatic N) is 2. The van der Waals surface area contributed by atoms with E-state index in [-0.39, 0.29) is 5.43 Å². The van der Waals surface area contributed by atoms with E-state index in [1.165, 1.54) is 5.56 Å². The van der Waals surface area contributed by atoms with Crippen molar-refractivity contribution in [2.45, 2.75) is 37.3 Å². The normalized spacial score (nSPS) is 24.4. The van der Waals surface area contributed by atoms with Crippen molar-refractivity contribution in [3.8, 4) is 11.3 Å². The summed E-state index contributed by atoms with van der Waals surface area (Å²) in [6, 6.07) is 14.7. The molecule has 1 aromatic carbocycles. The van der Waals surface area contributed by atoms with Gasteiger partial charge in [0.2, 0.25) is 0 Å². The van der Waals surface area contributed by atoms with Crippen LogP contribution in [-0.2, 0) is 0 Å². The number of benzene rings is 1. The average molecular weight is 344 g/mol. The summed E-state index contributed by atoms with van der Waals surface area (Å²) in [5, 5.41) is 4.05. The summed E-state index contributed by atoms with van der Waals surface area (Å²) in [5.74, 6) is 0.372. The lowest BCUT2D eigenvalue weighted by atomic mass is 9.78. The summed E-state index contributed by atoms with van der Waals surface area (Å²) in [7, 11) is 0. The summed E-state index contributed by atoms with van der Waals surface area (Å²) in [5.41, 5.74) is 3.90. The molecule has 5 heteroatoms. The van der Waals surface area contributed by atoms with E-state index in [0.29, 0.717) is 29.0 Å². The molecule has 3 heterocycles. The zero-order valence-electron chi connectivity index (χ0n) is 14.4. The third-order valence-corrected chi connectivity index (χ3v) is 5.63. The second-order valence-electron chi connectivity index (χ2n) is 7.16. The van der Waals surface area contributed by atoms with Gasteiger partial charge in [-0.05, 0) is 36.8 Å². The quantitative estimate of drug-likeness (QED) is 0.750. The molecule has 5 nitrogen and oxygen atoms in total.